The Balaban J connectivity index is 2.27. The molecule has 2 aromatic rings. The topological polar surface area (TPSA) is 62.2 Å². The third-order valence-corrected chi connectivity index (χ3v) is 3.67. The fourth-order valence-electron chi connectivity index (χ4n) is 1.82. The maximum Gasteiger partial charge on any atom is 0.340 e. The van der Waals surface area contributed by atoms with E-state index in [1.54, 1.807) is 32.0 Å². The summed E-state index contributed by atoms with van der Waals surface area (Å²) in [6.45, 7) is 3.41. The molecule has 1 aromatic carbocycles. The minimum absolute atomic E-state index is 0.146. The van der Waals surface area contributed by atoms with Crippen LogP contribution in [0.4, 0.5) is 9.39 Å². The summed E-state index contributed by atoms with van der Waals surface area (Å²) in [5.41, 5.74) is 1.10. The molecule has 1 unspecified atom stereocenters. The third kappa shape index (κ3) is 2.73. The van der Waals surface area contributed by atoms with Crippen LogP contribution in [-0.2, 0) is 0 Å². The Labute approximate surface area is 114 Å². The molecule has 0 fully saturated rings. The first-order valence-corrected chi connectivity index (χ1v) is 6.48. The fourth-order valence-corrected chi connectivity index (χ4v) is 2.70. The second-order valence-electron chi connectivity index (χ2n) is 4.16. The number of anilines is 1. The van der Waals surface area contributed by atoms with E-state index in [-0.39, 0.29) is 17.4 Å². The molecule has 0 aliphatic rings. The molecule has 0 aliphatic heterocycles. The summed E-state index contributed by atoms with van der Waals surface area (Å²) in [6.07, 6.45) is 0. The van der Waals surface area contributed by atoms with E-state index in [1.807, 2.05) is 0 Å². The van der Waals surface area contributed by atoms with Crippen LogP contribution in [0.2, 0.25) is 0 Å². The van der Waals surface area contributed by atoms with E-state index < -0.39 is 5.97 Å². The van der Waals surface area contributed by atoms with Crippen LogP contribution in [0.3, 0.4) is 0 Å². The first-order valence-electron chi connectivity index (χ1n) is 5.71. The lowest BCUT2D eigenvalue weighted by atomic mass is 10.1. The fraction of sp³-hybridized carbons (Fsp3) is 0.231. The molecule has 0 spiro atoms. The van der Waals surface area contributed by atoms with Crippen molar-refractivity contribution in [3.8, 4) is 0 Å². The second-order valence-corrected chi connectivity index (χ2v) is 4.94. The molecule has 0 aliphatic carbocycles. The zero-order valence-corrected chi connectivity index (χ0v) is 11.3. The number of aromatic carboxylic acids is 1. The zero-order valence-electron chi connectivity index (χ0n) is 10.5. The lowest BCUT2D eigenvalue weighted by Crippen LogP contribution is -2.10. The van der Waals surface area contributed by atoms with Gasteiger partial charge in [-0.15, -0.1) is 0 Å². The molecule has 0 saturated heterocycles. The predicted molar refractivity (Wildman–Crippen MR) is 72.2 cm³/mol. The molecule has 0 radical (unpaired) electrons. The van der Waals surface area contributed by atoms with Gasteiger partial charge in [-0.05, 0) is 31.4 Å². The van der Waals surface area contributed by atoms with Crippen LogP contribution in [0.15, 0.2) is 24.3 Å². The molecule has 2 rings (SSSR count). The van der Waals surface area contributed by atoms with Crippen LogP contribution < -0.4 is 5.32 Å². The van der Waals surface area contributed by atoms with Crippen LogP contribution in [-0.4, -0.2) is 15.4 Å². The number of aryl methyl sites for hydroxylation is 1. The summed E-state index contributed by atoms with van der Waals surface area (Å²) in [4.78, 5) is 11.1. The van der Waals surface area contributed by atoms with Crippen molar-refractivity contribution >= 4 is 22.5 Å². The van der Waals surface area contributed by atoms with Crippen molar-refractivity contribution < 1.29 is 14.3 Å². The third-order valence-electron chi connectivity index (χ3n) is 2.80. The number of carboxylic acid groups (broad SMARTS) is 1. The van der Waals surface area contributed by atoms with Gasteiger partial charge in [0.25, 0.3) is 0 Å². The normalized spacial score (nSPS) is 12.2. The Morgan fingerprint density at radius 3 is 2.79 bits per heavy atom. The molecule has 1 atom stereocenters. The quantitative estimate of drug-likeness (QED) is 0.900. The molecular weight excluding hydrogens is 267 g/mol. The van der Waals surface area contributed by atoms with Gasteiger partial charge in [0.05, 0.1) is 11.7 Å². The minimum Gasteiger partial charge on any atom is -0.478 e. The molecule has 1 heterocycles. The number of hydrogen-bond donors (Lipinski definition) is 2. The van der Waals surface area contributed by atoms with Gasteiger partial charge >= 0.3 is 5.97 Å². The molecule has 19 heavy (non-hydrogen) atoms. The first-order chi connectivity index (χ1) is 9.00. The molecular formula is C13H13FN2O2S. The lowest BCUT2D eigenvalue weighted by molar-refractivity contribution is 0.0697. The van der Waals surface area contributed by atoms with Gasteiger partial charge in [-0.3, -0.25) is 0 Å². The highest BCUT2D eigenvalue weighted by Gasteiger charge is 2.20. The number of benzene rings is 1. The summed E-state index contributed by atoms with van der Waals surface area (Å²) in [5.74, 6) is -1.35. The highest BCUT2D eigenvalue weighted by Crippen LogP contribution is 2.29. The van der Waals surface area contributed by atoms with E-state index in [4.69, 9.17) is 5.11 Å². The van der Waals surface area contributed by atoms with E-state index >= 15 is 0 Å². The van der Waals surface area contributed by atoms with Crippen LogP contribution in [0, 0.1) is 12.7 Å². The Kier molecular flexibility index (Phi) is 3.80. The molecule has 6 heteroatoms. The SMILES string of the molecule is Cc1nsc(NC(C)c2ccccc2F)c1C(=O)O. The van der Waals surface area contributed by atoms with Gasteiger partial charge in [0.2, 0.25) is 0 Å². The number of carboxylic acids is 1. The van der Waals surface area contributed by atoms with Crippen molar-refractivity contribution in [2.75, 3.05) is 5.32 Å². The van der Waals surface area contributed by atoms with E-state index in [9.17, 15) is 9.18 Å². The molecule has 4 nitrogen and oxygen atoms in total. The number of halogens is 1. The smallest absolute Gasteiger partial charge is 0.340 e. The van der Waals surface area contributed by atoms with Crippen molar-refractivity contribution in [1.82, 2.24) is 4.37 Å². The molecule has 2 N–H and O–H groups in total. The Hall–Kier alpha value is -1.95. The van der Waals surface area contributed by atoms with Gasteiger partial charge < -0.3 is 10.4 Å². The van der Waals surface area contributed by atoms with E-state index in [2.05, 4.69) is 9.69 Å². The molecule has 1 aromatic heterocycles. The van der Waals surface area contributed by atoms with Gasteiger partial charge in [-0.2, -0.15) is 4.37 Å². The Morgan fingerprint density at radius 2 is 2.16 bits per heavy atom. The average Bonchev–Trinajstić information content (AvgIpc) is 2.70. The number of aromatic nitrogens is 1. The highest BCUT2D eigenvalue weighted by molar-refractivity contribution is 7.10. The summed E-state index contributed by atoms with van der Waals surface area (Å²) >= 11 is 1.07. The molecule has 0 saturated carbocycles. The van der Waals surface area contributed by atoms with Gasteiger partial charge in [0, 0.05) is 5.56 Å². The van der Waals surface area contributed by atoms with Crippen LogP contribution in [0.5, 0.6) is 0 Å². The number of nitrogens with zero attached hydrogens (tertiary/aromatic N) is 1. The Bertz CT molecular complexity index is 612. The van der Waals surface area contributed by atoms with Crippen molar-refractivity contribution in [2.45, 2.75) is 19.9 Å². The van der Waals surface area contributed by atoms with Crippen LogP contribution in [0.25, 0.3) is 0 Å². The van der Waals surface area contributed by atoms with E-state index in [1.165, 1.54) is 6.07 Å². The summed E-state index contributed by atoms with van der Waals surface area (Å²) < 4.78 is 17.7. The number of nitrogens with one attached hydrogen (secondary N) is 1. The largest absolute Gasteiger partial charge is 0.478 e. The Morgan fingerprint density at radius 1 is 1.47 bits per heavy atom. The first kappa shape index (κ1) is 13.5. The summed E-state index contributed by atoms with van der Waals surface area (Å²) in [7, 11) is 0. The monoisotopic (exact) mass is 280 g/mol. The summed E-state index contributed by atoms with van der Waals surface area (Å²) in [5, 5.41) is 12.6. The van der Waals surface area contributed by atoms with Gasteiger partial charge in [0.1, 0.15) is 16.4 Å². The maximum absolute atomic E-state index is 13.6. The van der Waals surface area contributed by atoms with Crippen LogP contribution in [0.1, 0.15) is 34.6 Å². The van der Waals surface area contributed by atoms with Crippen LogP contribution >= 0.6 is 11.5 Å². The molecule has 0 amide bonds. The number of rotatable bonds is 4. The highest BCUT2D eigenvalue weighted by atomic mass is 32.1. The number of hydrogen-bond acceptors (Lipinski definition) is 4. The van der Waals surface area contributed by atoms with Gasteiger partial charge in [-0.1, -0.05) is 18.2 Å². The van der Waals surface area contributed by atoms with E-state index in [0.717, 1.165) is 11.5 Å². The van der Waals surface area contributed by atoms with Crippen molar-refractivity contribution in [3.05, 3.63) is 46.9 Å². The minimum atomic E-state index is -1.03. The zero-order chi connectivity index (χ0) is 14.0. The molecule has 0 bridgehead atoms. The van der Waals surface area contributed by atoms with Crippen molar-refractivity contribution in [1.29, 1.82) is 0 Å². The van der Waals surface area contributed by atoms with Crippen molar-refractivity contribution in [3.63, 3.8) is 0 Å². The van der Waals surface area contributed by atoms with Crippen molar-refractivity contribution in [2.24, 2.45) is 0 Å². The second kappa shape index (κ2) is 5.36. The number of carbonyl (C=O) groups is 1. The average molecular weight is 280 g/mol. The maximum atomic E-state index is 13.6. The predicted octanol–water partition coefficient (Wildman–Crippen LogP) is 3.46. The van der Waals surface area contributed by atoms with E-state index in [0.29, 0.717) is 16.3 Å². The standard InChI is InChI=1S/C13H13FN2O2S/c1-7(9-5-3-4-6-10(9)14)15-12-11(13(17)18)8(2)16-19-12/h3-7,15H,1-2H3,(H,17,18). The molecule has 100 valence electrons. The van der Waals surface area contributed by atoms with Gasteiger partial charge in [-0.25, -0.2) is 9.18 Å². The van der Waals surface area contributed by atoms with Gasteiger partial charge in [0.15, 0.2) is 0 Å². The summed E-state index contributed by atoms with van der Waals surface area (Å²) in [6, 6.07) is 6.07. The lowest BCUT2D eigenvalue weighted by Gasteiger charge is -2.15.